The maximum atomic E-state index is 11.5. The number of hydrogen-bond donors (Lipinski definition) is 1. The molecule has 29 heavy (non-hydrogen) atoms. The Balaban J connectivity index is 1.79. The van der Waals surface area contributed by atoms with Crippen LogP contribution in [0.3, 0.4) is 0 Å². The summed E-state index contributed by atoms with van der Waals surface area (Å²) in [7, 11) is 0. The lowest BCUT2D eigenvalue weighted by Crippen LogP contribution is -2.22. The van der Waals surface area contributed by atoms with E-state index >= 15 is 0 Å². The van der Waals surface area contributed by atoms with Gasteiger partial charge in [0.1, 0.15) is 5.82 Å². The van der Waals surface area contributed by atoms with E-state index in [9.17, 15) is 4.79 Å². The van der Waals surface area contributed by atoms with Crippen LogP contribution in [-0.4, -0.2) is 22.0 Å². The fourth-order valence-electron chi connectivity index (χ4n) is 3.81. The molecule has 0 aliphatic carbocycles. The number of fused-ring (bicyclic) bond motifs is 1. The number of carbonyl (C=O) groups excluding carboxylic acids is 1. The van der Waals surface area contributed by atoms with E-state index in [2.05, 4.69) is 41.1 Å². The highest BCUT2D eigenvalue weighted by atomic mass is 16.1. The Morgan fingerprint density at radius 1 is 1.00 bits per heavy atom. The summed E-state index contributed by atoms with van der Waals surface area (Å²) < 4.78 is 2.39. The average molecular weight is 398 g/mol. The number of nitrogens with zero attached hydrogens (tertiary/aromatic N) is 2. The number of amides is 1. The molecule has 0 saturated heterocycles. The second-order valence-electron chi connectivity index (χ2n) is 7.89. The molecule has 0 spiro atoms. The Morgan fingerprint density at radius 3 is 2.41 bits per heavy atom. The van der Waals surface area contributed by atoms with Crippen LogP contribution in [0.1, 0.15) is 83.9 Å². The Hall–Kier alpha value is -2.10. The molecule has 2 rings (SSSR count). The molecule has 1 heterocycles. The number of rotatable bonds is 15. The van der Waals surface area contributed by atoms with Crippen molar-refractivity contribution in [3.05, 3.63) is 42.2 Å². The molecule has 0 unspecified atom stereocenters. The first-order valence-corrected chi connectivity index (χ1v) is 11.6. The largest absolute Gasteiger partial charge is 0.353 e. The van der Waals surface area contributed by atoms with Crippen LogP contribution in [0.15, 0.2) is 36.4 Å². The zero-order valence-corrected chi connectivity index (χ0v) is 18.5. The lowest BCUT2D eigenvalue weighted by atomic mass is 10.1. The molecule has 0 bridgehead atoms. The van der Waals surface area contributed by atoms with Crippen molar-refractivity contribution < 1.29 is 4.79 Å². The summed E-state index contributed by atoms with van der Waals surface area (Å²) in [5, 5.41) is 2.93. The normalized spacial score (nSPS) is 11.5. The Bertz CT molecular complexity index is 748. The van der Waals surface area contributed by atoms with Crippen molar-refractivity contribution in [2.75, 3.05) is 6.54 Å². The molecule has 4 heteroatoms. The van der Waals surface area contributed by atoms with Crippen molar-refractivity contribution in [1.29, 1.82) is 0 Å². The minimum atomic E-state index is -0.0179. The third kappa shape index (κ3) is 8.43. The van der Waals surface area contributed by atoms with E-state index in [1.54, 1.807) is 12.2 Å². The minimum absolute atomic E-state index is 0.0179. The Labute approximate surface area is 176 Å². The highest BCUT2D eigenvalue weighted by Gasteiger charge is 2.10. The quantitative estimate of drug-likeness (QED) is 0.288. The van der Waals surface area contributed by atoms with Crippen LogP contribution in [0, 0.1) is 0 Å². The van der Waals surface area contributed by atoms with Gasteiger partial charge in [-0.2, -0.15) is 0 Å². The highest BCUT2D eigenvalue weighted by molar-refractivity contribution is 5.87. The number of aromatic nitrogens is 2. The molecule has 0 aliphatic heterocycles. The summed E-state index contributed by atoms with van der Waals surface area (Å²) in [5.41, 5.74) is 2.32. The number of imidazole rings is 1. The van der Waals surface area contributed by atoms with E-state index in [0.717, 1.165) is 30.7 Å². The van der Waals surface area contributed by atoms with Gasteiger partial charge in [0.15, 0.2) is 0 Å². The maximum Gasteiger partial charge on any atom is 0.243 e. The number of hydrogen-bond acceptors (Lipinski definition) is 2. The number of unbranched alkanes of at least 4 members (excludes halogenated alkanes) is 8. The number of benzene rings is 1. The van der Waals surface area contributed by atoms with Gasteiger partial charge in [-0.3, -0.25) is 4.79 Å². The fraction of sp³-hybridized carbons (Fsp3) is 0.600. The highest BCUT2D eigenvalue weighted by Crippen LogP contribution is 2.19. The summed E-state index contributed by atoms with van der Waals surface area (Å²) in [6.45, 7) is 5.85. The Kier molecular flexibility index (Phi) is 11.2. The summed E-state index contributed by atoms with van der Waals surface area (Å²) in [6.07, 6.45) is 17.2. The predicted octanol–water partition coefficient (Wildman–Crippen LogP) is 6.19. The van der Waals surface area contributed by atoms with Crippen LogP contribution in [0.5, 0.6) is 0 Å². The van der Waals surface area contributed by atoms with Crippen molar-refractivity contribution >= 4 is 16.9 Å². The van der Waals surface area contributed by atoms with Gasteiger partial charge in [0.2, 0.25) is 5.91 Å². The number of allylic oxidation sites excluding steroid dienone is 1. The SMILES string of the molecule is C/C=C\C(=O)NCCCc1nc2ccccc2n1CCCCCCCCCCC. The monoisotopic (exact) mass is 397 g/mol. The molecule has 160 valence electrons. The molecule has 4 nitrogen and oxygen atoms in total. The second kappa shape index (κ2) is 14.0. The van der Waals surface area contributed by atoms with Gasteiger partial charge in [-0.05, 0) is 38.0 Å². The first kappa shape index (κ1) is 23.2. The van der Waals surface area contributed by atoms with E-state index in [-0.39, 0.29) is 5.91 Å². The zero-order valence-electron chi connectivity index (χ0n) is 18.5. The van der Waals surface area contributed by atoms with Crippen LogP contribution in [-0.2, 0) is 17.8 Å². The van der Waals surface area contributed by atoms with Crippen LogP contribution < -0.4 is 5.32 Å². The van der Waals surface area contributed by atoms with Crippen LogP contribution >= 0.6 is 0 Å². The van der Waals surface area contributed by atoms with Gasteiger partial charge in [0, 0.05) is 19.5 Å². The molecule has 0 saturated carbocycles. The molecular weight excluding hydrogens is 358 g/mol. The third-order valence-corrected chi connectivity index (χ3v) is 5.41. The molecule has 0 fully saturated rings. The molecular formula is C25H39N3O. The first-order chi connectivity index (χ1) is 14.3. The van der Waals surface area contributed by atoms with E-state index in [4.69, 9.17) is 4.98 Å². The number of carbonyl (C=O) groups is 1. The summed E-state index contributed by atoms with van der Waals surface area (Å²) in [6, 6.07) is 8.42. The first-order valence-electron chi connectivity index (χ1n) is 11.6. The molecule has 1 amide bonds. The number of nitrogens with one attached hydrogen (secondary N) is 1. The van der Waals surface area contributed by atoms with Crippen molar-refractivity contribution in [2.45, 2.75) is 91.0 Å². The number of para-hydroxylation sites is 2. The maximum absolute atomic E-state index is 11.5. The number of aryl methyl sites for hydroxylation is 2. The summed E-state index contributed by atoms with van der Waals surface area (Å²) >= 11 is 0. The van der Waals surface area contributed by atoms with E-state index in [1.807, 2.05) is 6.92 Å². The topological polar surface area (TPSA) is 46.9 Å². The molecule has 1 N–H and O–H groups in total. The van der Waals surface area contributed by atoms with Crippen molar-refractivity contribution in [3.63, 3.8) is 0 Å². The van der Waals surface area contributed by atoms with Gasteiger partial charge < -0.3 is 9.88 Å². The lowest BCUT2D eigenvalue weighted by molar-refractivity contribution is -0.116. The van der Waals surface area contributed by atoms with Crippen LogP contribution in [0.2, 0.25) is 0 Å². The van der Waals surface area contributed by atoms with Crippen LogP contribution in [0.25, 0.3) is 11.0 Å². The fourth-order valence-corrected chi connectivity index (χ4v) is 3.81. The van der Waals surface area contributed by atoms with Gasteiger partial charge in [0.05, 0.1) is 11.0 Å². The lowest BCUT2D eigenvalue weighted by Gasteiger charge is -2.10. The Morgan fingerprint density at radius 2 is 1.69 bits per heavy atom. The van der Waals surface area contributed by atoms with E-state index in [0.29, 0.717) is 6.54 Å². The smallest absolute Gasteiger partial charge is 0.243 e. The molecule has 1 aromatic carbocycles. The minimum Gasteiger partial charge on any atom is -0.353 e. The third-order valence-electron chi connectivity index (χ3n) is 5.41. The van der Waals surface area contributed by atoms with Crippen molar-refractivity contribution in [3.8, 4) is 0 Å². The summed E-state index contributed by atoms with van der Waals surface area (Å²) in [4.78, 5) is 16.4. The predicted molar refractivity (Wildman–Crippen MR) is 123 cm³/mol. The van der Waals surface area contributed by atoms with E-state index < -0.39 is 0 Å². The standard InChI is InChI=1S/C25H39N3O/c1-3-5-6-7-8-9-10-11-14-21-28-23-18-13-12-17-22(23)27-24(28)19-15-20-26-25(29)16-4-2/h4,12-13,16-18H,3,5-11,14-15,19-21H2,1-2H3,(H,26,29)/b16-4-. The van der Waals surface area contributed by atoms with Gasteiger partial charge in [-0.1, -0.05) is 76.5 Å². The van der Waals surface area contributed by atoms with Crippen molar-refractivity contribution in [1.82, 2.24) is 14.9 Å². The van der Waals surface area contributed by atoms with Crippen LogP contribution in [0.4, 0.5) is 0 Å². The molecule has 0 radical (unpaired) electrons. The van der Waals surface area contributed by atoms with Crippen molar-refractivity contribution in [2.24, 2.45) is 0 Å². The average Bonchev–Trinajstić information content (AvgIpc) is 3.08. The van der Waals surface area contributed by atoms with Gasteiger partial charge in [-0.15, -0.1) is 0 Å². The molecule has 0 aliphatic rings. The van der Waals surface area contributed by atoms with Gasteiger partial charge in [0.25, 0.3) is 0 Å². The summed E-state index contributed by atoms with van der Waals surface area (Å²) in [5.74, 6) is 1.13. The molecule has 0 atom stereocenters. The molecule has 2 aromatic rings. The van der Waals surface area contributed by atoms with E-state index in [1.165, 1.54) is 63.3 Å². The molecule has 1 aromatic heterocycles. The van der Waals surface area contributed by atoms with Gasteiger partial charge >= 0.3 is 0 Å². The second-order valence-corrected chi connectivity index (χ2v) is 7.89. The zero-order chi connectivity index (χ0) is 20.7. The van der Waals surface area contributed by atoms with Gasteiger partial charge in [-0.25, -0.2) is 4.98 Å².